The average molecular weight is 328 g/mol. The summed E-state index contributed by atoms with van der Waals surface area (Å²) in [6.45, 7) is 1.49. The molecule has 1 fully saturated rings. The highest BCUT2D eigenvalue weighted by Crippen LogP contribution is 2.27. The van der Waals surface area contributed by atoms with Crippen LogP contribution in [-0.4, -0.2) is 62.0 Å². The Morgan fingerprint density at radius 2 is 1.91 bits per heavy atom. The second-order valence-electron chi connectivity index (χ2n) is 5.17. The number of carboxylic acid groups (broad SMARTS) is 1. The summed E-state index contributed by atoms with van der Waals surface area (Å²) in [6, 6.07) is 3.31. The molecule has 23 heavy (non-hydrogen) atoms. The number of anilines is 1. The number of benzene rings is 1. The fourth-order valence-corrected chi connectivity index (χ4v) is 2.29. The number of nitrogens with one attached hydrogen (secondary N) is 1. The number of carboxylic acids is 1. The maximum atomic E-state index is 11.0. The summed E-state index contributed by atoms with van der Waals surface area (Å²) in [6.07, 6.45) is -6.10. The number of nitrogens with zero attached hydrogens (tertiary/aromatic N) is 1. The minimum Gasteiger partial charge on any atom is -0.477 e. The van der Waals surface area contributed by atoms with Gasteiger partial charge in [0.2, 0.25) is 0 Å². The van der Waals surface area contributed by atoms with Gasteiger partial charge in [-0.05, 0) is 19.1 Å². The van der Waals surface area contributed by atoms with Gasteiger partial charge in [-0.25, -0.2) is 4.79 Å². The van der Waals surface area contributed by atoms with E-state index in [4.69, 9.17) is 9.84 Å². The molecular formula is C13H16N2O8. The van der Waals surface area contributed by atoms with Crippen LogP contribution < -0.4 is 5.32 Å². The lowest BCUT2D eigenvalue weighted by Gasteiger charge is -2.39. The first-order chi connectivity index (χ1) is 10.7. The van der Waals surface area contributed by atoms with E-state index >= 15 is 0 Å². The molecule has 5 N–H and O–H groups in total. The number of carbonyl (C=O) groups is 1. The molecule has 1 saturated heterocycles. The minimum atomic E-state index is -1.47. The molecule has 0 radical (unpaired) electrons. The van der Waals surface area contributed by atoms with Crippen molar-refractivity contribution in [1.29, 1.82) is 0 Å². The van der Waals surface area contributed by atoms with Crippen molar-refractivity contribution in [1.82, 2.24) is 0 Å². The van der Waals surface area contributed by atoms with Crippen LogP contribution in [0.2, 0.25) is 0 Å². The molecule has 0 bridgehead atoms. The van der Waals surface area contributed by atoms with Gasteiger partial charge in [-0.2, -0.15) is 0 Å². The van der Waals surface area contributed by atoms with E-state index in [9.17, 15) is 30.2 Å². The second kappa shape index (κ2) is 6.46. The summed E-state index contributed by atoms with van der Waals surface area (Å²) in [5, 5.41) is 51.7. The van der Waals surface area contributed by atoms with Crippen LogP contribution in [0.3, 0.4) is 0 Å². The van der Waals surface area contributed by atoms with Crippen molar-refractivity contribution >= 4 is 17.3 Å². The van der Waals surface area contributed by atoms with Gasteiger partial charge in [-0.3, -0.25) is 10.1 Å². The van der Waals surface area contributed by atoms with Crippen LogP contribution >= 0.6 is 0 Å². The van der Waals surface area contributed by atoms with Gasteiger partial charge in [-0.1, -0.05) is 0 Å². The summed E-state index contributed by atoms with van der Waals surface area (Å²) >= 11 is 0. The zero-order chi connectivity index (χ0) is 17.3. The van der Waals surface area contributed by atoms with E-state index in [-0.39, 0.29) is 5.69 Å². The Balaban J connectivity index is 2.25. The van der Waals surface area contributed by atoms with E-state index in [2.05, 4.69) is 5.32 Å². The Morgan fingerprint density at radius 1 is 1.26 bits per heavy atom. The van der Waals surface area contributed by atoms with E-state index in [1.165, 1.54) is 13.0 Å². The van der Waals surface area contributed by atoms with E-state index in [0.717, 1.165) is 12.1 Å². The van der Waals surface area contributed by atoms with Gasteiger partial charge in [0.15, 0.2) is 6.23 Å². The number of aliphatic hydroxyl groups is 3. The summed E-state index contributed by atoms with van der Waals surface area (Å²) in [5.74, 6) is -1.44. The topological polar surface area (TPSA) is 162 Å². The maximum absolute atomic E-state index is 11.0. The van der Waals surface area contributed by atoms with Crippen molar-refractivity contribution in [2.75, 3.05) is 5.32 Å². The van der Waals surface area contributed by atoms with Crippen LogP contribution in [0.1, 0.15) is 17.3 Å². The van der Waals surface area contributed by atoms with Crippen LogP contribution in [0.5, 0.6) is 0 Å². The summed E-state index contributed by atoms with van der Waals surface area (Å²) in [5.41, 5.74) is -0.975. The molecule has 10 heteroatoms. The first-order valence-electron chi connectivity index (χ1n) is 6.70. The van der Waals surface area contributed by atoms with Crippen molar-refractivity contribution in [3.05, 3.63) is 33.9 Å². The third-order valence-electron chi connectivity index (χ3n) is 3.59. The first-order valence-corrected chi connectivity index (χ1v) is 6.70. The largest absolute Gasteiger partial charge is 0.477 e. The Morgan fingerprint density at radius 3 is 2.48 bits per heavy atom. The quantitative estimate of drug-likeness (QED) is 0.363. The normalized spacial score (nSPS) is 30.7. The predicted octanol–water partition coefficient (Wildman–Crippen LogP) is -0.468. The predicted molar refractivity (Wildman–Crippen MR) is 76.0 cm³/mol. The molecule has 0 spiro atoms. The number of rotatable bonds is 4. The molecule has 2 rings (SSSR count). The molecule has 1 aliphatic rings. The second-order valence-corrected chi connectivity index (χ2v) is 5.17. The van der Waals surface area contributed by atoms with Gasteiger partial charge in [0.25, 0.3) is 5.69 Å². The number of hydrogen-bond donors (Lipinski definition) is 5. The van der Waals surface area contributed by atoms with E-state index in [1.54, 1.807) is 0 Å². The number of aromatic carboxylic acids is 1. The zero-order valence-corrected chi connectivity index (χ0v) is 12.0. The Bertz CT molecular complexity index is 622. The SMILES string of the molecule is C[C@@H]1O[C@H](Nc2ccc(C(=O)O)c([N+](=O)[O-])c2)[C@H](O)[C@@H](O)[C@@H]1O. The fraction of sp³-hybridized carbons (Fsp3) is 0.462. The molecule has 1 aliphatic heterocycles. The van der Waals surface area contributed by atoms with Gasteiger partial charge < -0.3 is 30.5 Å². The lowest BCUT2D eigenvalue weighted by molar-refractivity contribution is -0.385. The maximum Gasteiger partial charge on any atom is 0.342 e. The smallest absolute Gasteiger partial charge is 0.342 e. The molecule has 0 aliphatic carbocycles. The highest BCUT2D eigenvalue weighted by Gasteiger charge is 2.41. The van der Waals surface area contributed by atoms with E-state index in [0.29, 0.717) is 0 Å². The molecule has 0 unspecified atom stereocenters. The van der Waals surface area contributed by atoms with Gasteiger partial charge in [0.1, 0.15) is 23.9 Å². The highest BCUT2D eigenvalue weighted by atomic mass is 16.6. The third-order valence-corrected chi connectivity index (χ3v) is 3.59. The Hall–Kier alpha value is -2.27. The molecular weight excluding hydrogens is 312 g/mol. The Labute approximate surface area is 130 Å². The number of nitro benzene ring substituents is 1. The lowest BCUT2D eigenvalue weighted by Crippen LogP contribution is -2.58. The minimum absolute atomic E-state index is 0.126. The standard InChI is InChI=1S/C13H16N2O8/c1-5-9(16)10(17)11(18)12(23-5)14-6-2-3-7(13(19)20)8(4-6)15(21)22/h2-5,9-12,14,16-18H,1H3,(H,19,20)/t5-,9+,10-,11+,12-/m0/s1. The van der Waals surface area contributed by atoms with Crippen molar-refractivity contribution < 1.29 is 34.9 Å². The zero-order valence-electron chi connectivity index (χ0n) is 12.0. The number of nitro groups is 1. The number of ether oxygens (including phenoxy) is 1. The molecule has 1 heterocycles. The molecule has 0 amide bonds. The summed E-state index contributed by atoms with van der Waals surface area (Å²) < 4.78 is 5.31. The van der Waals surface area contributed by atoms with E-state index in [1.807, 2.05) is 0 Å². The highest BCUT2D eigenvalue weighted by molar-refractivity contribution is 5.93. The molecule has 1 aromatic rings. The monoisotopic (exact) mass is 328 g/mol. The van der Waals surface area contributed by atoms with Gasteiger partial charge in [0, 0.05) is 11.8 Å². The third kappa shape index (κ3) is 3.40. The van der Waals surface area contributed by atoms with Crippen LogP contribution in [0.15, 0.2) is 18.2 Å². The number of aliphatic hydroxyl groups excluding tert-OH is 3. The van der Waals surface area contributed by atoms with Crippen LogP contribution in [0.25, 0.3) is 0 Å². The van der Waals surface area contributed by atoms with E-state index < -0.39 is 52.8 Å². The van der Waals surface area contributed by atoms with Crippen molar-refractivity contribution in [2.24, 2.45) is 0 Å². The Kier molecular flexibility index (Phi) is 4.80. The van der Waals surface area contributed by atoms with Crippen molar-refractivity contribution in [2.45, 2.75) is 37.6 Å². The molecule has 0 aromatic heterocycles. The molecule has 5 atom stereocenters. The summed E-state index contributed by atoms with van der Waals surface area (Å²) in [7, 11) is 0. The van der Waals surface area contributed by atoms with Gasteiger partial charge in [-0.15, -0.1) is 0 Å². The van der Waals surface area contributed by atoms with Gasteiger partial charge >= 0.3 is 5.97 Å². The average Bonchev–Trinajstić information content (AvgIpc) is 2.50. The van der Waals surface area contributed by atoms with Crippen LogP contribution in [-0.2, 0) is 4.74 Å². The molecule has 1 aromatic carbocycles. The number of hydrogen-bond acceptors (Lipinski definition) is 8. The molecule has 0 saturated carbocycles. The van der Waals surface area contributed by atoms with Crippen molar-refractivity contribution in [3.8, 4) is 0 Å². The van der Waals surface area contributed by atoms with Crippen molar-refractivity contribution in [3.63, 3.8) is 0 Å². The summed E-state index contributed by atoms with van der Waals surface area (Å²) in [4.78, 5) is 21.1. The first kappa shape index (κ1) is 17.1. The lowest BCUT2D eigenvalue weighted by atomic mass is 9.99. The van der Waals surface area contributed by atoms with Crippen LogP contribution in [0.4, 0.5) is 11.4 Å². The van der Waals surface area contributed by atoms with Gasteiger partial charge in [0.05, 0.1) is 11.0 Å². The fourth-order valence-electron chi connectivity index (χ4n) is 2.29. The van der Waals surface area contributed by atoms with Crippen LogP contribution in [0, 0.1) is 10.1 Å². The molecule has 126 valence electrons. The molecule has 10 nitrogen and oxygen atoms in total.